The number of nitrogens with zero attached hydrogens (tertiary/aromatic N) is 2. The lowest BCUT2D eigenvalue weighted by molar-refractivity contribution is -0.122. The second-order valence-corrected chi connectivity index (χ2v) is 6.68. The fraction of sp³-hybridized carbons (Fsp3) is 0.333. The number of aliphatic imine (C=N–C) groups is 1. The first-order valence-electron chi connectivity index (χ1n) is 7.65. The normalized spacial score (nSPS) is 18.2. The molecular formula is C18H18BrN3O2. The molecule has 0 aromatic heterocycles. The van der Waals surface area contributed by atoms with E-state index in [-0.39, 0.29) is 17.4 Å². The number of carbonyl (C=O) groups is 2. The second-order valence-electron chi connectivity index (χ2n) is 5.76. The third-order valence-corrected chi connectivity index (χ3v) is 4.91. The molecular weight excluding hydrogens is 370 g/mol. The second kappa shape index (κ2) is 8.02. The van der Waals surface area contributed by atoms with Crippen molar-refractivity contribution in [2.45, 2.75) is 37.6 Å². The monoisotopic (exact) mass is 387 g/mol. The molecule has 2 rings (SSSR count). The van der Waals surface area contributed by atoms with Crippen LogP contribution in [0.15, 0.2) is 41.0 Å². The Labute approximate surface area is 149 Å². The predicted molar refractivity (Wildman–Crippen MR) is 96.0 cm³/mol. The number of ketones is 1. The Balaban J connectivity index is 1.90. The predicted octanol–water partition coefficient (Wildman–Crippen LogP) is 2.69. The molecule has 0 fully saturated rings. The molecule has 1 aliphatic heterocycles. The topological polar surface area (TPSA) is 82.3 Å². The van der Waals surface area contributed by atoms with Crippen molar-refractivity contribution in [3.63, 3.8) is 0 Å². The molecule has 2 atom stereocenters. The summed E-state index contributed by atoms with van der Waals surface area (Å²) in [6.07, 6.45) is 2.84. The number of halogens is 1. The van der Waals surface area contributed by atoms with Crippen molar-refractivity contribution in [3.05, 3.63) is 47.2 Å². The van der Waals surface area contributed by atoms with Crippen LogP contribution in [0.4, 0.5) is 0 Å². The van der Waals surface area contributed by atoms with Crippen LogP contribution in [0.1, 0.15) is 31.4 Å². The zero-order valence-corrected chi connectivity index (χ0v) is 15.1. The Morgan fingerprint density at radius 3 is 2.71 bits per heavy atom. The van der Waals surface area contributed by atoms with E-state index in [0.29, 0.717) is 11.3 Å². The van der Waals surface area contributed by atoms with Gasteiger partial charge in [0.15, 0.2) is 5.78 Å². The summed E-state index contributed by atoms with van der Waals surface area (Å²) in [7, 11) is 0. The molecule has 124 valence electrons. The lowest BCUT2D eigenvalue weighted by atomic mass is 10.0. The van der Waals surface area contributed by atoms with Gasteiger partial charge in [-0.2, -0.15) is 5.26 Å². The number of rotatable bonds is 5. The molecule has 1 aliphatic rings. The maximum absolute atomic E-state index is 12.2. The number of nitriles is 1. The highest BCUT2D eigenvalue weighted by Gasteiger charge is 2.29. The summed E-state index contributed by atoms with van der Waals surface area (Å²) >= 11 is 3.24. The van der Waals surface area contributed by atoms with Crippen molar-refractivity contribution in [3.8, 4) is 6.07 Å². The first kappa shape index (κ1) is 18.1. The molecule has 0 aliphatic carbocycles. The summed E-state index contributed by atoms with van der Waals surface area (Å²) in [6, 6.07) is 9.38. The number of amides is 1. The molecule has 1 N–H and O–H groups in total. The van der Waals surface area contributed by atoms with Crippen LogP contribution in [0.2, 0.25) is 0 Å². The zero-order valence-electron chi connectivity index (χ0n) is 13.5. The Hall–Kier alpha value is -2.26. The number of carbonyl (C=O) groups excluding carboxylic acids is 2. The molecule has 2 unspecified atom stereocenters. The van der Waals surface area contributed by atoms with Gasteiger partial charge in [0.25, 0.3) is 5.91 Å². The lowest BCUT2D eigenvalue weighted by Crippen LogP contribution is -2.39. The summed E-state index contributed by atoms with van der Waals surface area (Å²) < 4.78 is 0. The van der Waals surface area contributed by atoms with E-state index in [0.717, 1.165) is 18.4 Å². The number of aryl methyl sites for hydroxylation is 1. The SMILES string of the molecule is CC1=NC=C(C(=O)NC(C)CCc2ccc(C#N)cc2)C(=O)C1Br. The van der Waals surface area contributed by atoms with Crippen LogP contribution >= 0.6 is 15.9 Å². The van der Waals surface area contributed by atoms with Crippen molar-refractivity contribution in [2.75, 3.05) is 0 Å². The van der Waals surface area contributed by atoms with E-state index in [1.807, 2.05) is 19.1 Å². The Morgan fingerprint density at radius 1 is 1.42 bits per heavy atom. The number of Topliss-reactive ketones (excluding diaryl/α,β-unsaturated/α-hetero) is 1. The average molecular weight is 388 g/mol. The lowest BCUT2D eigenvalue weighted by Gasteiger charge is -2.18. The zero-order chi connectivity index (χ0) is 17.7. The van der Waals surface area contributed by atoms with Crippen molar-refractivity contribution >= 4 is 33.3 Å². The largest absolute Gasteiger partial charge is 0.349 e. The molecule has 0 bridgehead atoms. The van der Waals surface area contributed by atoms with Crippen LogP contribution in [0.3, 0.4) is 0 Å². The number of alkyl halides is 1. The molecule has 6 heteroatoms. The highest BCUT2D eigenvalue weighted by Crippen LogP contribution is 2.17. The summed E-state index contributed by atoms with van der Waals surface area (Å²) in [5.41, 5.74) is 2.45. The molecule has 0 saturated heterocycles. The smallest absolute Gasteiger partial charge is 0.256 e. The molecule has 1 aromatic rings. The van der Waals surface area contributed by atoms with Gasteiger partial charge in [-0.15, -0.1) is 0 Å². The van der Waals surface area contributed by atoms with Crippen molar-refractivity contribution < 1.29 is 9.59 Å². The summed E-state index contributed by atoms with van der Waals surface area (Å²) in [5.74, 6) is -0.660. The minimum atomic E-state index is -0.530. The quantitative estimate of drug-likeness (QED) is 0.622. The number of hydrogen-bond donors (Lipinski definition) is 1. The van der Waals surface area contributed by atoms with Crippen LogP contribution in [0.5, 0.6) is 0 Å². The van der Waals surface area contributed by atoms with Crippen LogP contribution in [-0.2, 0) is 16.0 Å². The van der Waals surface area contributed by atoms with E-state index in [1.165, 1.54) is 6.20 Å². The summed E-state index contributed by atoms with van der Waals surface area (Å²) in [4.78, 5) is 27.9. The Kier molecular flexibility index (Phi) is 6.04. The van der Waals surface area contributed by atoms with Crippen LogP contribution in [-0.4, -0.2) is 28.3 Å². The molecule has 1 aromatic carbocycles. The number of nitrogens with one attached hydrogen (secondary N) is 1. The molecule has 5 nitrogen and oxygen atoms in total. The van der Waals surface area contributed by atoms with Gasteiger partial charge in [0.2, 0.25) is 0 Å². The van der Waals surface area contributed by atoms with Crippen LogP contribution in [0.25, 0.3) is 0 Å². The molecule has 1 amide bonds. The van der Waals surface area contributed by atoms with Crippen molar-refractivity contribution in [2.24, 2.45) is 4.99 Å². The fourth-order valence-corrected chi connectivity index (χ4v) is 2.66. The maximum Gasteiger partial charge on any atom is 0.256 e. The van der Waals surface area contributed by atoms with E-state index < -0.39 is 10.7 Å². The van der Waals surface area contributed by atoms with Crippen molar-refractivity contribution in [1.29, 1.82) is 5.26 Å². The van der Waals surface area contributed by atoms with Gasteiger partial charge in [0.05, 0.1) is 11.6 Å². The third-order valence-electron chi connectivity index (χ3n) is 3.83. The van der Waals surface area contributed by atoms with Gasteiger partial charge >= 0.3 is 0 Å². The standard InChI is InChI=1S/C18H18BrN3O2/c1-11(3-4-13-5-7-14(9-20)8-6-13)22-18(24)15-10-21-12(2)16(19)17(15)23/h5-8,10-11,16H,3-4H2,1-2H3,(H,22,24). The van der Waals surface area contributed by atoms with Crippen LogP contribution < -0.4 is 5.32 Å². The van der Waals surface area contributed by atoms with Gasteiger partial charge in [-0.3, -0.25) is 14.6 Å². The van der Waals surface area contributed by atoms with E-state index >= 15 is 0 Å². The first-order chi connectivity index (χ1) is 11.4. The third kappa shape index (κ3) is 4.39. The minimum absolute atomic E-state index is 0.0766. The molecule has 0 saturated carbocycles. The first-order valence-corrected chi connectivity index (χ1v) is 8.56. The average Bonchev–Trinajstić information content (AvgIpc) is 2.58. The van der Waals surface area contributed by atoms with E-state index in [9.17, 15) is 9.59 Å². The van der Waals surface area contributed by atoms with Gasteiger partial charge in [-0.25, -0.2) is 0 Å². The van der Waals surface area contributed by atoms with Gasteiger partial charge in [0, 0.05) is 18.0 Å². The van der Waals surface area contributed by atoms with Gasteiger partial charge in [-0.05, 0) is 44.4 Å². The van der Waals surface area contributed by atoms with Crippen LogP contribution in [0, 0.1) is 11.3 Å². The highest BCUT2D eigenvalue weighted by atomic mass is 79.9. The van der Waals surface area contributed by atoms with E-state index in [4.69, 9.17) is 5.26 Å². The fourth-order valence-electron chi connectivity index (χ4n) is 2.30. The highest BCUT2D eigenvalue weighted by molar-refractivity contribution is 9.10. The molecule has 0 radical (unpaired) electrons. The summed E-state index contributed by atoms with van der Waals surface area (Å²) in [5, 5.41) is 11.6. The van der Waals surface area contributed by atoms with E-state index in [1.54, 1.807) is 19.1 Å². The molecule has 1 heterocycles. The Bertz CT molecular complexity index is 745. The van der Waals surface area contributed by atoms with Gasteiger partial charge in [-0.1, -0.05) is 28.1 Å². The number of hydrogen-bond acceptors (Lipinski definition) is 4. The van der Waals surface area contributed by atoms with Crippen molar-refractivity contribution in [1.82, 2.24) is 5.32 Å². The van der Waals surface area contributed by atoms with Gasteiger partial charge in [0.1, 0.15) is 10.4 Å². The van der Waals surface area contributed by atoms with Gasteiger partial charge < -0.3 is 5.32 Å². The van der Waals surface area contributed by atoms with E-state index in [2.05, 4.69) is 32.3 Å². The minimum Gasteiger partial charge on any atom is -0.349 e. The molecule has 0 spiro atoms. The summed E-state index contributed by atoms with van der Waals surface area (Å²) in [6.45, 7) is 3.64. The molecule has 24 heavy (non-hydrogen) atoms. The maximum atomic E-state index is 12.2. The number of benzene rings is 1. The Morgan fingerprint density at radius 2 is 2.08 bits per heavy atom.